The molecular formula is C70H126O6. The SMILES string of the molecule is CCCCC/C=C\C/C=C\C/C=C\CCCCCCCCC(=O)OC(COC(=O)CCCCCCCCCCCCC/C=C\C/C=C\CCCCCCC)COC(=O)CCCCCCCCCCCCCCCCCC. The number of rotatable bonds is 61. The maximum Gasteiger partial charge on any atom is 0.306 e. The molecule has 1 atom stereocenters. The third kappa shape index (κ3) is 62.0. The van der Waals surface area contributed by atoms with Crippen LogP contribution >= 0.6 is 0 Å². The van der Waals surface area contributed by atoms with Crippen LogP contribution in [-0.4, -0.2) is 37.2 Å². The van der Waals surface area contributed by atoms with Gasteiger partial charge >= 0.3 is 17.9 Å². The van der Waals surface area contributed by atoms with Gasteiger partial charge in [0.25, 0.3) is 0 Å². The summed E-state index contributed by atoms with van der Waals surface area (Å²) in [6.45, 7) is 6.64. The van der Waals surface area contributed by atoms with E-state index in [1.807, 2.05) is 0 Å². The van der Waals surface area contributed by atoms with Crippen LogP contribution in [0, 0.1) is 0 Å². The van der Waals surface area contributed by atoms with Gasteiger partial charge in [-0.2, -0.15) is 0 Å². The van der Waals surface area contributed by atoms with E-state index < -0.39 is 6.10 Å². The molecule has 76 heavy (non-hydrogen) atoms. The van der Waals surface area contributed by atoms with Crippen LogP contribution in [0.25, 0.3) is 0 Å². The van der Waals surface area contributed by atoms with Crippen molar-refractivity contribution < 1.29 is 28.6 Å². The van der Waals surface area contributed by atoms with Gasteiger partial charge in [-0.05, 0) is 89.9 Å². The molecule has 6 heteroatoms. The molecule has 0 fully saturated rings. The van der Waals surface area contributed by atoms with Gasteiger partial charge in [0, 0.05) is 19.3 Å². The van der Waals surface area contributed by atoms with E-state index in [1.54, 1.807) is 0 Å². The lowest BCUT2D eigenvalue weighted by Crippen LogP contribution is -2.30. The molecule has 0 aromatic rings. The highest BCUT2D eigenvalue weighted by molar-refractivity contribution is 5.71. The number of allylic oxidation sites excluding steroid dienone is 10. The predicted octanol–water partition coefficient (Wildman–Crippen LogP) is 22.7. The molecule has 0 spiro atoms. The summed E-state index contributed by atoms with van der Waals surface area (Å²) in [5, 5.41) is 0. The maximum absolute atomic E-state index is 12.9. The van der Waals surface area contributed by atoms with Gasteiger partial charge in [-0.15, -0.1) is 0 Å². The summed E-state index contributed by atoms with van der Waals surface area (Å²) in [6, 6.07) is 0. The van der Waals surface area contributed by atoms with Gasteiger partial charge in [0.15, 0.2) is 6.10 Å². The number of hydrogen-bond acceptors (Lipinski definition) is 6. The third-order valence-electron chi connectivity index (χ3n) is 14.7. The van der Waals surface area contributed by atoms with E-state index in [4.69, 9.17) is 14.2 Å². The van der Waals surface area contributed by atoms with Crippen molar-refractivity contribution in [3.63, 3.8) is 0 Å². The third-order valence-corrected chi connectivity index (χ3v) is 14.7. The van der Waals surface area contributed by atoms with E-state index in [2.05, 4.69) is 81.5 Å². The van der Waals surface area contributed by atoms with Crippen LogP contribution in [0.2, 0.25) is 0 Å². The summed E-state index contributed by atoms with van der Waals surface area (Å²) in [5.41, 5.74) is 0. The molecule has 0 N–H and O–H groups in total. The largest absolute Gasteiger partial charge is 0.462 e. The lowest BCUT2D eigenvalue weighted by atomic mass is 10.0. The first kappa shape index (κ1) is 73.1. The molecule has 0 amide bonds. The molecule has 0 aliphatic carbocycles. The van der Waals surface area contributed by atoms with Crippen molar-refractivity contribution in [2.45, 2.75) is 354 Å². The van der Waals surface area contributed by atoms with Crippen molar-refractivity contribution in [3.05, 3.63) is 60.8 Å². The Bertz CT molecular complexity index is 1360. The van der Waals surface area contributed by atoms with E-state index >= 15 is 0 Å². The fourth-order valence-electron chi connectivity index (χ4n) is 9.72. The minimum atomic E-state index is -0.782. The smallest absolute Gasteiger partial charge is 0.306 e. The monoisotopic (exact) mass is 1060 g/mol. The maximum atomic E-state index is 12.9. The van der Waals surface area contributed by atoms with E-state index in [-0.39, 0.29) is 31.1 Å². The Labute approximate surface area is 472 Å². The van der Waals surface area contributed by atoms with Crippen LogP contribution in [-0.2, 0) is 28.6 Å². The number of carbonyl (C=O) groups excluding carboxylic acids is 3. The summed E-state index contributed by atoms with van der Waals surface area (Å²) in [5.74, 6) is -0.870. The topological polar surface area (TPSA) is 78.9 Å². The lowest BCUT2D eigenvalue weighted by molar-refractivity contribution is -0.167. The van der Waals surface area contributed by atoms with Crippen molar-refractivity contribution in [3.8, 4) is 0 Å². The Balaban J connectivity index is 4.35. The Morgan fingerprint density at radius 2 is 0.474 bits per heavy atom. The molecule has 6 nitrogen and oxygen atoms in total. The summed E-state index contributed by atoms with van der Waals surface area (Å²) >= 11 is 0. The molecule has 0 aromatic carbocycles. The molecule has 1 unspecified atom stereocenters. The Kier molecular flexibility index (Phi) is 62.2. The van der Waals surface area contributed by atoms with Gasteiger partial charge < -0.3 is 14.2 Å². The summed E-state index contributed by atoms with van der Waals surface area (Å²) in [7, 11) is 0. The van der Waals surface area contributed by atoms with Gasteiger partial charge in [-0.1, -0.05) is 300 Å². The fraction of sp³-hybridized carbons (Fsp3) is 0.814. The first-order chi connectivity index (χ1) is 37.5. The van der Waals surface area contributed by atoms with Crippen LogP contribution in [0.4, 0.5) is 0 Å². The zero-order chi connectivity index (χ0) is 55.0. The Hall–Kier alpha value is -2.89. The molecule has 0 saturated carbocycles. The highest BCUT2D eigenvalue weighted by atomic mass is 16.6. The number of unbranched alkanes of at least 4 members (excludes halogenated alkanes) is 40. The van der Waals surface area contributed by atoms with Crippen molar-refractivity contribution in [2.75, 3.05) is 13.2 Å². The molecule has 0 aliphatic rings. The average molecular weight is 1060 g/mol. The fourth-order valence-corrected chi connectivity index (χ4v) is 9.72. The van der Waals surface area contributed by atoms with Gasteiger partial charge in [0.05, 0.1) is 0 Å². The highest BCUT2D eigenvalue weighted by Gasteiger charge is 2.19. The molecule has 0 rings (SSSR count). The molecule has 0 heterocycles. The first-order valence-corrected chi connectivity index (χ1v) is 33.3. The van der Waals surface area contributed by atoms with Crippen LogP contribution in [0.15, 0.2) is 60.8 Å². The second-order valence-electron chi connectivity index (χ2n) is 22.4. The number of hydrogen-bond donors (Lipinski definition) is 0. The molecule has 0 radical (unpaired) electrons. The number of carbonyl (C=O) groups is 3. The summed E-state index contributed by atoms with van der Waals surface area (Å²) in [4.78, 5) is 38.4. The summed E-state index contributed by atoms with van der Waals surface area (Å²) in [6.07, 6.45) is 82.2. The van der Waals surface area contributed by atoms with Crippen molar-refractivity contribution in [1.29, 1.82) is 0 Å². The van der Waals surface area contributed by atoms with Crippen molar-refractivity contribution in [1.82, 2.24) is 0 Å². The molecule has 442 valence electrons. The van der Waals surface area contributed by atoms with Gasteiger partial charge in [0.2, 0.25) is 0 Å². The normalized spacial score (nSPS) is 12.4. The molecular weight excluding hydrogens is 937 g/mol. The van der Waals surface area contributed by atoms with Gasteiger partial charge in [-0.25, -0.2) is 0 Å². The standard InChI is InChI=1S/C70H126O6/c1-4-7-10-13-16-19-22-25-28-31-33-34-35-36-38-39-42-45-48-51-54-57-60-63-69(72)75-66-67(65-74-68(71)62-59-56-53-50-47-44-41-30-27-24-21-18-15-12-9-6-3)76-70(73)64-61-58-55-52-49-46-43-40-37-32-29-26-23-20-17-14-11-8-5-2/h17,20,22,25-26,29,31,33,37,40,67H,4-16,18-19,21,23-24,27-28,30,32,34-36,38-39,41-66H2,1-3H3/b20-17-,25-22-,29-26-,33-31-,40-37-. The lowest BCUT2D eigenvalue weighted by Gasteiger charge is -2.18. The first-order valence-electron chi connectivity index (χ1n) is 33.3. The molecule has 0 bridgehead atoms. The molecule has 0 aliphatic heterocycles. The van der Waals surface area contributed by atoms with Crippen LogP contribution in [0.1, 0.15) is 348 Å². The highest BCUT2D eigenvalue weighted by Crippen LogP contribution is 2.17. The quantitative estimate of drug-likeness (QED) is 0.0261. The number of esters is 3. The zero-order valence-corrected chi connectivity index (χ0v) is 50.8. The minimum absolute atomic E-state index is 0.0766. The van der Waals surface area contributed by atoms with Gasteiger partial charge in [0.1, 0.15) is 13.2 Å². The number of ether oxygens (including phenoxy) is 3. The van der Waals surface area contributed by atoms with Gasteiger partial charge in [-0.3, -0.25) is 14.4 Å². The zero-order valence-electron chi connectivity index (χ0n) is 50.8. The van der Waals surface area contributed by atoms with Crippen LogP contribution in [0.3, 0.4) is 0 Å². The van der Waals surface area contributed by atoms with E-state index in [0.717, 1.165) is 89.9 Å². The van der Waals surface area contributed by atoms with Crippen LogP contribution in [0.5, 0.6) is 0 Å². The van der Waals surface area contributed by atoms with Crippen LogP contribution < -0.4 is 0 Å². The summed E-state index contributed by atoms with van der Waals surface area (Å²) < 4.78 is 17.0. The second kappa shape index (κ2) is 64.6. The average Bonchev–Trinajstić information content (AvgIpc) is 3.42. The van der Waals surface area contributed by atoms with E-state index in [0.29, 0.717) is 19.3 Å². The van der Waals surface area contributed by atoms with E-state index in [1.165, 1.54) is 218 Å². The molecule has 0 aromatic heterocycles. The second-order valence-corrected chi connectivity index (χ2v) is 22.4. The Morgan fingerprint density at radius 3 is 0.763 bits per heavy atom. The van der Waals surface area contributed by atoms with E-state index in [9.17, 15) is 14.4 Å². The minimum Gasteiger partial charge on any atom is -0.462 e. The predicted molar refractivity (Wildman–Crippen MR) is 330 cm³/mol. The Morgan fingerprint density at radius 1 is 0.263 bits per heavy atom. The van der Waals surface area contributed by atoms with Crippen molar-refractivity contribution >= 4 is 17.9 Å². The molecule has 0 saturated heterocycles. The van der Waals surface area contributed by atoms with Crippen molar-refractivity contribution in [2.24, 2.45) is 0 Å².